The van der Waals surface area contributed by atoms with Crippen molar-refractivity contribution in [3.63, 3.8) is 0 Å². The summed E-state index contributed by atoms with van der Waals surface area (Å²) in [5.41, 5.74) is 5.83. The second kappa shape index (κ2) is 8.57. The van der Waals surface area contributed by atoms with Crippen LogP contribution in [0.2, 0.25) is 5.02 Å². The maximum absolute atomic E-state index is 14.1. The van der Waals surface area contributed by atoms with E-state index in [0.717, 1.165) is 33.6 Å². The summed E-state index contributed by atoms with van der Waals surface area (Å²) in [6.07, 6.45) is 5.49. The van der Waals surface area contributed by atoms with Crippen LogP contribution in [0.3, 0.4) is 0 Å². The molecule has 3 aromatic rings. The number of aryl methyl sites for hydroxylation is 2. The summed E-state index contributed by atoms with van der Waals surface area (Å²) in [5, 5.41) is 9.50. The van der Waals surface area contributed by atoms with Gasteiger partial charge < -0.3 is 13.9 Å². The van der Waals surface area contributed by atoms with Gasteiger partial charge in [0.2, 0.25) is 0 Å². The van der Waals surface area contributed by atoms with Crippen molar-refractivity contribution in [2.24, 2.45) is 0 Å². The van der Waals surface area contributed by atoms with Gasteiger partial charge in [-0.3, -0.25) is 0 Å². The van der Waals surface area contributed by atoms with E-state index in [4.69, 9.17) is 16.3 Å². The first-order valence-electron chi connectivity index (χ1n) is 10.8. The van der Waals surface area contributed by atoms with Gasteiger partial charge in [0, 0.05) is 23.5 Å². The average molecular weight is 476 g/mol. The monoisotopic (exact) mass is 475 g/mol. The Morgan fingerprint density at radius 3 is 2.56 bits per heavy atom. The van der Waals surface area contributed by atoms with E-state index < -0.39 is 0 Å². The van der Waals surface area contributed by atoms with Crippen LogP contribution in [0.5, 0.6) is 5.75 Å². The van der Waals surface area contributed by atoms with Gasteiger partial charge in [-0.25, -0.2) is 9.37 Å². The molecule has 0 bridgehead atoms. The molecule has 2 aliphatic rings. The fraction of sp³-hybridized carbons (Fsp3) is 0.192. The second-order valence-electron chi connectivity index (χ2n) is 8.40. The molecular formula is C26H23ClFN5O. The molecule has 2 aliphatic heterocycles. The Labute approximate surface area is 202 Å². The largest absolute Gasteiger partial charge is 0.495 e. The Kier molecular flexibility index (Phi) is 5.57. The maximum atomic E-state index is 14.1. The van der Waals surface area contributed by atoms with Crippen LogP contribution in [-0.2, 0) is 0 Å². The fourth-order valence-corrected chi connectivity index (χ4v) is 4.48. The van der Waals surface area contributed by atoms with E-state index in [1.165, 1.54) is 12.1 Å². The third kappa shape index (κ3) is 3.92. The smallest absolute Gasteiger partial charge is 0.165 e. The predicted octanol–water partition coefficient (Wildman–Crippen LogP) is 6.26. The molecule has 6 nitrogen and oxygen atoms in total. The number of ether oxygens (including phenoxy) is 1. The number of nitrogens with zero attached hydrogens (tertiary/aromatic N) is 5. The summed E-state index contributed by atoms with van der Waals surface area (Å²) in [6, 6.07) is 12.5. The molecule has 2 aromatic carbocycles. The molecule has 0 unspecified atom stereocenters. The van der Waals surface area contributed by atoms with Crippen LogP contribution in [0.4, 0.5) is 4.39 Å². The minimum atomic E-state index is -0.268. The van der Waals surface area contributed by atoms with Crippen LogP contribution in [0, 0.1) is 19.7 Å². The Bertz CT molecular complexity index is 1450. The van der Waals surface area contributed by atoms with Crippen LogP contribution in [0.25, 0.3) is 28.3 Å². The van der Waals surface area contributed by atoms with Crippen LogP contribution in [-0.4, -0.2) is 31.4 Å². The third-order valence-electron chi connectivity index (χ3n) is 5.94. The molecule has 0 radical (unpaired) electrons. The van der Waals surface area contributed by atoms with Crippen molar-refractivity contribution >= 4 is 11.6 Å². The molecule has 0 amide bonds. The van der Waals surface area contributed by atoms with Gasteiger partial charge >= 0.3 is 0 Å². The highest BCUT2D eigenvalue weighted by atomic mass is 35.5. The van der Waals surface area contributed by atoms with E-state index in [-0.39, 0.29) is 11.9 Å². The number of methoxy groups -OCH3 is 1. The minimum Gasteiger partial charge on any atom is -0.495 e. The lowest BCUT2D eigenvalue weighted by atomic mass is 10.0. The van der Waals surface area contributed by atoms with Crippen molar-refractivity contribution in [3.8, 4) is 34.1 Å². The first kappa shape index (κ1) is 22.1. The van der Waals surface area contributed by atoms with Crippen LogP contribution in [0.1, 0.15) is 29.8 Å². The van der Waals surface area contributed by atoms with Crippen LogP contribution < -0.4 is 4.74 Å². The van der Waals surface area contributed by atoms with E-state index in [2.05, 4.69) is 15.2 Å². The molecule has 34 heavy (non-hydrogen) atoms. The van der Waals surface area contributed by atoms with Gasteiger partial charge in [-0.15, -0.1) is 10.2 Å². The van der Waals surface area contributed by atoms with Gasteiger partial charge in [-0.2, -0.15) is 0 Å². The molecule has 5 rings (SSSR count). The van der Waals surface area contributed by atoms with Gasteiger partial charge in [-0.05, 0) is 62.2 Å². The lowest BCUT2D eigenvalue weighted by Gasteiger charge is -2.20. The first-order chi connectivity index (χ1) is 16.3. The Hall–Kier alpha value is -3.71. The number of imidazole rings is 1. The summed E-state index contributed by atoms with van der Waals surface area (Å²) >= 11 is 6.51. The molecule has 8 heteroatoms. The number of rotatable bonds is 5. The molecule has 0 spiro atoms. The standard InChI is InChI=1S/C26H23ClFN5O/c1-15-7-19(9-21(28)8-15)17(3)33-13-20(27)11-22-25(30-31-26(22)33)18-5-6-23(24(10-18)34-4)32-12-16(2)29-14-32/h5-14,17H,1-4H3/t17-/m1/s1. The van der Waals surface area contributed by atoms with Crippen molar-refractivity contribution in [2.75, 3.05) is 7.11 Å². The maximum Gasteiger partial charge on any atom is 0.165 e. The fourth-order valence-electron chi connectivity index (χ4n) is 4.27. The zero-order chi connectivity index (χ0) is 24.0. The highest BCUT2D eigenvalue weighted by molar-refractivity contribution is 6.30. The Morgan fingerprint density at radius 1 is 1.03 bits per heavy atom. The average Bonchev–Trinajstić information content (AvgIpc) is 3.43. The first-order valence-corrected chi connectivity index (χ1v) is 11.2. The lowest BCUT2D eigenvalue weighted by Crippen LogP contribution is -2.11. The topological polar surface area (TPSA) is 57.8 Å². The van der Waals surface area contributed by atoms with Crippen molar-refractivity contribution in [1.82, 2.24) is 24.3 Å². The number of aromatic nitrogens is 5. The quantitative estimate of drug-likeness (QED) is 0.301. The number of hydrogen-bond donors (Lipinski definition) is 0. The van der Waals surface area contributed by atoms with Gasteiger partial charge in [0.25, 0.3) is 0 Å². The SMILES string of the molecule is COc1cc(-c2nnc3n([C@H](C)c4cc(C)cc(F)c4)cc(Cl)cc2-3)ccc1-n1cnc(C)c1. The van der Waals surface area contributed by atoms with E-state index >= 15 is 0 Å². The molecule has 0 saturated heterocycles. The number of halogens is 2. The summed E-state index contributed by atoms with van der Waals surface area (Å²) in [4.78, 5) is 4.30. The molecule has 1 atom stereocenters. The molecule has 0 fully saturated rings. The van der Waals surface area contributed by atoms with Gasteiger partial charge in [0.1, 0.15) is 17.3 Å². The lowest BCUT2D eigenvalue weighted by molar-refractivity contribution is 0.413. The highest BCUT2D eigenvalue weighted by Gasteiger charge is 2.23. The van der Waals surface area contributed by atoms with Crippen molar-refractivity contribution in [3.05, 3.63) is 88.8 Å². The number of fused-ring (bicyclic) bond motifs is 1. The molecule has 0 aliphatic carbocycles. The van der Waals surface area contributed by atoms with Crippen LogP contribution >= 0.6 is 11.6 Å². The minimum absolute atomic E-state index is 0.193. The summed E-state index contributed by atoms with van der Waals surface area (Å²) in [5.74, 6) is 1.09. The van der Waals surface area contributed by atoms with E-state index in [9.17, 15) is 4.39 Å². The van der Waals surface area contributed by atoms with E-state index in [0.29, 0.717) is 22.3 Å². The van der Waals surface area contributed by atoms with Crippen LogP contribution in [0.15, 0.2) is 61.2 Å². The number of benzene rings is 2. The normalized spacial score (nSPS) is 12.3. The van der Waals surface area contributed by atoms with Crippen molar-refractivity contribution < 1.29 is 9.13 Å². The summed E-state index contributed by atoms with van der Waals surface area (Å²) < 4.78 is 23.6. The molecule has 0 N–H and O–H groups in total. The predicted molar refractivity (Wildman–Crippen MR) is 130 cm³/mol. The van der Waals surface area contributed by atoms with Gasteiger partial charge in [0.05, 0.1) is 35.9 Å². The highest BCUT2D eigenvalue weighted by Crippen LogP contribution is 2.38. The third-order valence-corrected chi connectivity index (χ3v) is 6.14. The second-order valence-corrected chi connectivity index (χ2v) is 8.83. The summed E-state index contributed by atoms with van der Waals surface area (Å²) in [7, 11) is 1.63. The van der Waals surface area contributed by atoms with E-state index in [1.54, 1.807) is 19.6 Å². The van der Waals surface area contributed by atoms with E-state index in [1.807, 2.05) is 66.4 Å². The zero-order valence-electron chi connectivity index (χ0n) is 19.3. The molecule has 0 saturated carbocycles. The molecular weight excluding hydrogens is 453 g/mol. The molecule has 3 heterocycles. The molecule has 172 valence electrons. The number of pyridine rings is 1. The zero-order valence-corrected chi connectivity index (χ0v) is 20.0. The van der Waals surface area contributed by atoms with Crippen molar-refractivity contribution in [2.45, 2.75) is 26.8 Å². The number of hydrogen-bond acceptors (Lipinski definition) is 4. The Balaban J connectivity index is 1.58. The van der Waals surface area contributed by atoms with Crippen molar-refractivity contribution in [1.29, 1.82) is 0 Å². The Morgan fingerprint density at radius 2 is 1.85 bits per heavy atom. The molecule has 1 aromatic heterocycles. The summed E-state index contributed by atoms with van der Waals surface area (Å²) in [6.45, 7) is 5.80. The van der Waals surface area contributed by atoms with Gasteiger partial charge in [0.15, 0.2) is 5.82 Å². The van der Waals surface area contributed by atoms with Gasteiger partial charge in [-0.1, -0.05) is 23.7 Å².